The molecule has 132 valence electrons. The Bertz CT molecular complexity index is 919. The largest absolute Gasteiger partial charge is 0.476 e. The van der Waals surface area contributed by atoms with E-state index in [4.69, 9.17) is 5.11 Å². The number of carbonyl (C=O) groups excluding carboxylic acids is 2. The summed E-state index contributed by atoms with van der Waals surface area (Å²) >= 11 is 0.797. The van der Waals surface area contributed by atoms with Crippen LogP contribution >= 0.6 is 11.3 Å². The lowest BCUT2D eigenvalue weighted by molar-refractivity contribution is -0.114. The van der Waals surface area contributed by atoms with Crippen LogP contribution in [-0.4, -0.2) is 36.5 Å². The van der Waals surface area contributed by atoms with Crippen LogP contribution in [0.4, 0.5) is 15.5 Å². The van der Waals surface area contributed by atoms with E-state index >= 15 is 0 Å². The molecule has 0 aliphatic rings. The summed E-state index contributed by atoms with van der Waals surface area (Å²) in [5.41, 5.74) is 1.11. The van der Waals surface area contributed by atoms with Gasteiger partial charge >= 0.3 is 22.2 Å². The fourth-order valence-electron chi connectivity index (χ4n) is 1.66. The normalized spacial score (nSPS) is 10.8. The number of aromatic carboxylic acids is 1. The van der Waals surface area contributed by atoms with Crippen molar-refractivity contribution >= 4 is 50.1 Å². The standard InChI is InChI=1S/C13H11N3O7S2/c1-7(17)15-8-2-4-9(5-3-8)25(21,22)23-13(20)16-11-10(12(18)19)14-6-24-11/h2-6H,1H3,(H,15,17)(H,16,20)(H,18,19). The number of carboxylic acid groups (broad SMARTS) is 1. The first-order valence-electron chi connectivity index (χ1n) is 6.49. The quantitative estimate of drug-likeness (QED) is 0.658. The van der Waals surface area contributed by atoms with Gasteiger partial charge in [-0.25, -0.2) is 14.6 Å². The van der Waals surface area contributed by atoms with Gasteiger partial charge in [-0.15, -0.1) is 11.3 Å². The molecule has 0 saturated carbocycles. The van der Waals surface area contributed by atoms with Crippen molar-refractivity contribution in [2.75, 3.05) is 10.6 Å². The maximum absolute atomic E-state index is 12.0. The van der Waals surface area contributed by atoms with E-state index in [1.54, 1.807) is 0 Å². The zero-order valence-corrected chi connectivity index (χ0v) is 14.2. The van der Waals surface area contributed by atoms with Gasteiger partial charge in [0.25, 0.3) is 0 Å². The van der Waals surface area contributed by atoms with Crippen LogP contribution in [0.5, 0.6) is 0 Å². The van der Waals surface area contributed by atoms with Crippen LogP contribution in [0.2, 0.25) is 0 Å². The summed E-state index contributed by atoms with van der Waals surface area (Å²) in [7, 11) is -4.43. The van der Waals surface area contributed by atoms with Crippen molar-refractivity contribution in [3.05, 3.63) is 35.5 Å². The summed E-state index contributed by atoms with van der Waals surface area (Å²) in [5.74, 6) is -1.71. The topological polar surface area (TPSA) is 152 Å². The molecule has 12 heteroatoms. The Kier molecular flexibility index (Phi) is 5.34. The molecule has 0 unspecified atom stereocenters. The molecule has 3 N–H and O–H groups in total. The van der Waals surface area contributed by atoms with Gasteiger partial charge in [-0.2, -0.15) is 8.42 Å². The van der Waals surface area contributed by atoms with Gasteiger partial charge in [0.1, 0.15) is 9.90 Å². The summed E-state index contributed by atoms with van der Waals surface area (Å²) in [4.78, 5) is 36.7. The summed E-state index contributed by atoms with van der Waals surface area (Å²) in [6.07, 6.45) is -1.38. The lowest BCUT2D eigenvalue weighted by Gasteiger charge is -2.07. The number of rotatable bonds is 5. The molecule has 25 heavy (non-hydrogen) atoms. The Morgan fingerprint density at radius 3 is 2.36 bits per heavy atom. The second kappa shape index (κ2) is 7.27. The molecule has 2 amide bonds. The molecule has 0 radical (unpaired) electrons. The van der Waals surface area contributed by atoms with Gasteiger partial charge in [0.2, 0.25) is 5.91 Å². The van der Waals surface area contributed by atoms with Crippen molar-refractivity contribution in [3.63, 3.8) is 0 Å². The van der Waals surface area contributed by atoms with Gasteiger partial charge in [0.05, 0.1) is 5.51 Å². The minimum Gasteiger partial charge on any atom is -0.476 e. The molecule has 10 nitrogen and oxygen atoms in total. The van der Waals surface area contributed by atoms with Crippen molar-refractivity contribution in [2.24, 2.45) is 0 Å². The minimum atomic E-state index is -4.43. The van der Waals surface area contributed by atoms with E-state index < -0.39 is 27.9 Å². The van der Waals surface area contributed by atoms with Gasteiger partial charge in [0.15, 0.2) is 5.69 Å². The van der Waals surface area contributed by atoms with Gasteiger partial charge in [-0.3, -0.25) is 10.1 Å². The van der Waals surface area contributed by atoms with Gasteiger partial charge in [0, 0.05) is 12.6 Å². The third kappa shape index (κ3) is 4.74. The first kappa shape index (κ1) is 18.4. The molecule has 1 aromatic carbocycles. The van der Waals surface area contributed by atoms with E-state index in [9.17, 15) is 22.8 Å². The molecule has 0 atom stereocenters. The second-order valence-corrected chi connectivity index (χ2v) is 6.89. The average molecular weight is 385 g/mol. The van der Waals surface area contributed by atoms with Crippen LogP contribution in [0.15, 0.2) is 34.7 Å². The first-order chi connectivity index (χ1) is 11.7. The molecule has 2 aromatic rings. The highest BCUT2D eigenvalue weighted by Crippen LogP contribution is 2.22. The smallest absolute Gasteiger partial charge is 0.428 e. The fourth-order valence-corrected chi connectivity index (χ4v) is 3.12. The van der Waals surface area contributed by atoms with Crippen LogP contribution in [0.25, 0.3) is 0 Å². The van der Waals surface area contributed by atoms with Crippen LogP contribution in [0, 0.1) is 0 Å². The maximum atomic E-state index is 12.0. The van der Waals surface area contributed by atoms with Crippen molar-refractivity contribution in [1.82, 2.24) is 4.98 Å². The summed E-state index contributed by atoms with van der Waals surface area (Å²) in [5, 5.41) is 13.2. The van der Waals surface area contributed by atoms with Crippen molar-refractivity contribution < 1.29 is 32.1 Å². The SMILES string of the molecule is CC(=O)Nc1ccc(S(=O)(=O)OC(=O)Nc2scnc2C(=O)O)cc1. The molecule has 0 bridgehead atoms. The minimum absolute atomic E-state index is 0.159. The molecule has 0 aliphatic carbocycles. The third-order valence-corrected chi connectivity index (χ3v) is 4.60. The summed E-state index contributed by atoms with van der Waals surface area (Å²) < 4.78 is 28.4. The van der Waals surface area contributed by atoms with Crippen LogP contribution < -0.4 is 10.6 Å². The Morgan fingerprint density at radius 2 is 1.80 bits per heavy atom. The predicted octanol–water partition coefficient (Wildman–Crippen LogP) is 1.74. The van der Waals surface area contributed by atoms with Crippen molar-refractivity contribution in [1.29, 1.82) is 0 Å². The number of nitrogens with one attached hydrogen (secondary N) is 2. The highest BCUT2D eigenvalue weighted by atomic mass is 32.2. The third-order valence-electron chi connectivity index (χ3n) is 2.63. The number of hydrogen-bond acceptors (Lipinski definition) is 8. The zero-order chi connectivity index (χ0) is 18.6. The van der Waals surface area contributed by atoms with Crippen molar-refractivity contribution in [2.45, 2.75) is 11.8 Å². The number of carbonyl (C=O) groups is 3. The van der Waals surface area contributed by atoms with Gasteiger partial charge < -0.3 is 14.6 Å². The molecule has 1 heterocycles. The average Bonchev–Trinajstić information content (AvgIpc) is 2.94. The summed E-state index contributed by atoms with van der Waals surface area (Å²) in [6.45, 7) is 1.29. The predicted molar refractivity (Wildman–Crippen MR) is 87.1 cm³/mol. The molecular weight excluding hydrogens is 374 g/mol. The fraction of sp³-hybridized carbons (Fsp3) is 0.0769. The number of carboxylic acids is 1. The van der Waals surface area contributed by atoms with E-state index in [0.717, 1.165) is 23.5 Å². The lowest BCUT2D eigenvalue weighted by Crippen LogP contribution is -2.19. The molecule has 1 aromatic heterocycles. The molecule has 0 fully saturated rings. The monoisotopic (exact) mass is 385 g/mol. The molecule has 0 aliphatic heterocycles. The van der Waals surface area contributed by atoms with E-state index in [-0.39, 0.29) is 15.8 Å². The molecule has 2 rings (SSSR count). The first-order valence-corrected chi connectivity index (χ1v) is 8.78. The number of hydrogen-bond donors (Lipinski definition) is 3. The van der Waals surface area contributed by atoms with Crippen LogP contribution in [0.3, 0.4) is 0 Å². The molecular formula is C13H11N3O7S2. The lowest BCUT2D eigenvalue weighted by atomic mass is 10.3. The van der Waals surface area contributed by atoms with Crippen molar-refractivity contribution in [3.8, 4) is 0 Å². The van der Waals surface area contributed by atoms with E-state index in [0.29, 0.717) is 5.69 Å². The van der Waals surface area contributed by atoms with E-state index in [1.807, 2.05) is 5.32 Å². The summed E-state index contributed by atoms with van der Waals surface area (Å²) in [6, 6.07) is 4.93. The van der Waals surface area contributed by atoms with Gasteiger partial charge in [-0.05, 0) is 24.3 Å². The van der Waals surface area contributed by atoms with Crippen LogP contribution in [-0.2, 0) is 19.1 Å². The Balaban J connectivity index is 2.09. The van der Waals surface area contributed by atoms with E-state index in [1.165, 1.54) is 24.6 Å². The van der Waals surface area contributed by atoms with Gasteiger partial charge in [-0.1, -0.05) is 0 Å². The molecule has 0 spiro atoms. The highest BCUT2D eigenvalue weighted by molar-refractivity contribution is 7.87. The number of thiazole rings is 1. The number of amides is 2. The number of benzene rings is 1. The number of aromatic nitrogens is 1. The molecule has 0 saturated heterocycles. The Hall–Kier alpha value is -2.99. The Morgan fingerprint density at radius 1 is 1.16 bits per heavy atom. The highest BCUT2D eigenvalue weighted by Gasteiger charge is 2.23. The second-order valence-electron chi connectivity index (χ2n) is 4.49. The number of nitrogens with zero attached hydrogens (tertiary/aromatic N) is 1. The van der Waals surface area contributed by atoms with Crippen LogP contribution in [0.1, 0.15) is 17.4 Å². The maximum Gasteiger partial charge on any atom is 0.428 e. The Labute approximate surface area is 145 Å². The zero-order valence-electron chi connectivity index (χ0n) is 12.5. The number of anilines is 2. The van der Waals surface area contributed by atoms with E-state index in [2.05, 4.69) is 14.5 Å².